The predicted octanol–water partition coefficient (Wildman–Crippen LogP) is 5.43. The highest BCUT2D eigenvalue weighted by Gasteiger charge is 2.36. The van der Waals surface area contributed by atoms with E-state index < -0.39 is 46.7 Å². The molecule has 2 fully saturated rings. The molecule has 2 aliphatic heterocycles. The molecule has 15 nitrogen and oxygen atoms in total. The number of piperazine rings is 2. The zero-order valence-electron chi connectivity index (χ0n) is 34.2. The number of carboxylic acids is 1. The summed E-state index contributed by atoms with van der Waals surface area (Å²) in [5, 5.41) is 9.42. The number of aromatic nitrogens is 2. The Morgan fingerprint density at radius 1 is 0.619 bits per heavy atom. The van der Waals surface area contributed by atoms with Crippen molar-refractivity contribution < 1.29 is 43.5 Å². The van der Waals surface area contributed by atoms with Crippen molar-refractivity contribution in [2.45, 2.75) is 32.4 Å². The molecule has 4 heterocycles. The Kier molecular flexibility index (Phi) is 11.5. The van der Waals surface area contributed by atoms with Crippen LogP contribution in [0.5, 0.6) is 0 Å². The van der Waals surface area contributed by atoms with Gasteiger partial charge in [-0.2, -0.15) is 0 Å². The molecule has 0 saturated carbocycles. The molecule has 8 rings (SSSR count). The molecule has 2 unspecified atom stereocenters. The first kappa shape index (κ1) is 42.3. The number of carboxylic acid groups (broad SMARTS) is 1. The van der Waals surface area contributed by atoms with Gasteiger partial charge in [-0.25, -0.2) is 4.79 Å². The zero-order valence-corrected chi connectivity index (χ0v) is 35.0. The molecule has 6 aromatic rings. The maximum absolute atomic E-state index is 13.8. The summed E-state index contributed by atoms with van der Waals surface area (Å²) in [6, 6.07) is 22.6. The molecule has 320 valence electrons. The van der Waals surface area contributed by atoms with E-state index in [1.165, 1.54) is 34.3 Å². The molecule has 0 radical (unpaired) electrons. The third-order valence-corrected chi connectivity index (χ3v) is 12.1. The lowest BCUT2D eigenvalue weighted by Gasteiger charge is -2.39. The number of fused-ring (bicyclic) bond motifs is 2. The van der Waals surface area contributed by atoms with Gasteiger partial charge in [0.05, 0.1) is 33.3 Å². The minimum Gasteiger partial charge on any atom is -0.478 e. The van der Waals surface area contributed by atoms with Crippen LogP contribution in [0, 0.1) is 0 Å². The number of carbonyl (C=O) groups excluding carboxylic acids is 7. The van der Waals surface area contributed by atoms with Crippen molar-refractivity contribution in [3.63, 3.8) is 0 Å². The Labute approximate surface area is 365 Å². The van der Waals surface area contributed by atoms with Crippen molar-refractivity contribution in [2.75, 3.05) is 39.3 Å². The lowest BCUT2D eigenvalue weighted by atomic mass is 9.95. The van der Waals surface area contributed by atoms with Crippen LogP contribution in [0.25, 0.3) is 21.8 Å². The number of Topliss-reactive ketones (excluding diaryl/α,β-unsaturated/α-hetero) is 2. The van der Waals surface area contributed by atoms with E-state index in [4.69, 9.17) is 11.6 Å². The topological polar surface area (TPSA) is 201 Å². The number of hydrogen-bond donors (Lipinski definition) is 3. The molecule has 0 bridgehead atoms. The second-order valence-electron chi connectivity index (χ2n) is 15.8. The molecule has 2 aromatic heterocycles. The summed E-state index contributed by atoms with van der Waals surface area (Å²) < 4.78 is 0. The number of ketones is 2. The van der Waals surface area contributed by atoms with E-state index in [2.05, 4.69) is 9.97 Å². The lowest BCUT2D eigenvalue weighted by molar-refractivity contribution is -0.130. The number of nitrogens with zero attached hydrogens (tertiary/aromatic N) is 4. The highest BCUT2D eigenvalue weighted by atomic mass is 35.5. The summed E-state index contributed by atoms with van der Waals surface area (Å²) in [5.74, 6) is -4.64. The van der Waals surface area contributed by atoms with Crippen LogP contribution in [-0.4, -0.2) is 132 Å². The Morgan fingerprint density at radius 3 is 1.73 bits per heavy atom. The van der Waals surface area contributed by atoms with Gasteiger partial charge in [-0.1, -0.05) is 54.6 Å². The maximum atomic E-state index is 13.8. The van der Waals surface area contributed by atoms with Crippen LogP contribution in [0.1, 0.15) is 87.1 Å². The summed E-state index contributed by atoms with van der Waals surface area (Å²) in [7, 11) is 0. The fraction of sp³-hybridized carbons (Fsp3) is 0.234. The predicted molar refractivity (Wildman–Crippen MR) is 232 cm³/mol. The van der Waals surface area contributed by atoms with Crippen LogP contribution in [0.2, 0.25) is 0 Å². The molecule has 63 heavy (non-hydrogen) atoms. The average molecular weight is 869 g/mol. The Morgan fingerprint density at radius 2 is 1.16 bits per heavy atom. The molecular formula is C47H41ClN6O9. The number of halogens is 1. The lowest BCUT2D eigenvalue weighted by Crippen LogP contribution is -2.56. The first-order valence-corrected chi connectivity index (χ1v) is 20.7. The summed E-state index contributed by atoms with van der Waals surface area (Å²) in [4.78, 5) is 118. The van der Waals surface area contributed by atoms with E-state index in [9.17, 15) is 43.5 Å². The SMILES string of the molecule is CC1CN(C(=O)c2cccc(Cc3ccc4c(C(=O)C(=O)N5CCN(C(=O)c6ccccc6)CC5C)c[nH]c4c3C(=O)Cl)c2)CCN1C(=O)C(=O)c1c[nH]c2c(C(=O)O)cccc12. The molecule has 4 amide bonds. The van der Waals surface area contributed by atoms with Gasteiger partial charge in [0.25, 0.3) is 40.4 Å². The molecule has 2 atom stereocenters. The minimum absolute atomic E-state index is 0.0217. The normalized spacial score (nSPS) is 16.6. The second kappa shape index (κ2) is 17.2. The fourth-order valence-electron chi connectivity index (χ4n) is 8.68. The van der Waals surface area contributed by atoms with Crippen molar-refractivity contribution in [1.29, 1.82) is 0 Å². The first-order chi connectivity index (χ1) is 30.2. The van der Waals surface area contributed by atoms with E-state index in [0.717, 1.165) is 0 Å². The quantitative estimate of drug-likeness (QED) is 0.0913. The van der Waals surface area contributed by atoms with Gasteiger partial charge in [0.1, 0.15) is 0 Å². The van der Waals surface area contributed by atoms with Crippen molar-refractivity contribution >= 4 is 79.8 Å². The van der Waals surface area contributed by atoms with Crippen LogP contribution in [-0.2, 0) is 16.0 Å². The van der Waals surface area contributed by atoms with Crippen molar-refractivity contribution in [2.24, 2.45) is 0 Å². The molecule has 3 N–H and O–H groups in total. The number of nitrogens with one attached hydrogen (secondary N) is 2. The number of H-pyrrole nitrogens is 2. The molecule has 0 aliphatic carbocycles. The Bertz CT molecular complexity index is 2890. The monoisotopic (exact) mass is 868 g/mol. The zero-order chi connectivity index (χ0) is 44.7. The molecule has 2 aliphatic rings. The summed E-state index contributed by atoms with van der Waals surface area (Å²) in [6.07, 6.45) is 2.92. The van der Waals surface area contributed by atoms with Crippen LogP contribution in [0.15, 0.2) is 97.3 Å². The van der Waals surface area contributed by atoms with Crippen molar-refractivity contribution in [3.8, 4) is 0 Å². The number of rotatable bonds is 10. The number of aromatic amines is 2. The van der Waals surface area contributed by atoms with Crippen LogP contribution < -0.4 is 0 Å². The number of amides is 4. The fourth-order valence-corrected chi connectivity index (χ4v) is 8.90. The van der Waals surface area contributed by atoms with Gasteiger partial charge in [-0.3, -0.25) is 33.6 Å². The van der Waals surface area contributed by atoms with Gasteiger partial charge in [0.15, 0.2) is 0 Å². The molecular weight excluding hydrogens is 828 g/mol. The van der Waals surface area contributed by atoms with Gasteiger partial charge in [0, 0.05) is 85.6 Å². The molecule has 16 heteroatoms. The van der Waals surface area contributed by atoms with E-state index in [1.54, 1.807) is 90.4 Å². The smallest absolute Gasteiger partial charge is 0.337 e. The highest BCUT2D eigenvalue weighted by molar-refractivity contribution is 6.68. The summed E-state index contributed by atoms with van der Waals surface area (Å²) in [5.41, 5.74) is 2.90. The largest absolute Gasteiger partial charge is 0.478 e. The first-order valence-electron chi connectivity index (χ1n) is 20.3. The van der Waals surface area contributed by atoms with Gasteiger partial charge < -0.3 is 34.7 Å². The highest BCUT2D eigenvalue weighted by Crippen LogP contribution is 2.30. The van der Waals surface area contributed by atoms with Crippen LogP contribution >= 0.6 is 11.6 Å². The number of carbonyl (C=O) groups is 8. The molecule has 4 aromatic carbocycles. The number of aromatic carboxylic acids is 1. The third-order valence-electron chi connectivity index (χ3n) is 11.9. The minimum atomic E-state index is -1.17. The van der Waals surface area contributed by atoms with Crippen LogP contribution in [0.4, 0.5) is 0 Å². The third kappa shape index (κ3) is 7.98. The number of para-hydroxylation sites is 1. The van der Waals surface area contributed by atoms with Gasteiger partial charge in [0.2, 0.25) is 0 Å². The molecule has 0 spiro atoms. The number of hydrogen-bond acceptors (Lipinski definition) is 8. The van der Waals surface area contributed by atoms with Crippen molar-refractivity contribution in [3.05, 3.63) is 142 Å². The molecule has 2 saturated heterocycles. The van der Waals surface area contributed by atoms with Gasteiger partial charge >= 0.3 is 5.97 Å². The van der Waals surface area contributed by atoms with Gasteiger partial charge in [-0.15, -0.1) is 0 Å². The van der Waals surface area contributed by atoms with E-state index >= 15 is 0 Å². The standard InChI is InChI=1S/C47H41ClN6O9/c1-26-24-51(43(58)29-9-4-3-5-10-29)16-18-53(26)46(61)41(56)36-23-50-39-33(36)15-14-30(37(39)42(48)57)20-28-8-6-11-31(21-28)44(59)52-17-19-54(27(2)25-52)45(60)40(55)35-22-49-38-32(35)12-7-13-34(38)47(62)63/h3-15,21-23,26-27,49-50H,16-20,24-25H2,1-2H3,(H,62,63). The van der Waals surface area contributed by atoms with E-state index in [0.29, 0.717) is 33.0 Å². The Hall–Kier alpha value is -7.39. The van der Waals surface area contributed by atoms with E-state index in [1.807, 2.05) is 6.07 Å². The average Bonchev–Trinajstić information content (AvgIpc) is 3.92. The van der Waals surface area contributed by atoms with Gasteiger partial charge in [-0.05, 0) is 73.3 Å². The summed E-state index contributed by atoms with van der Waals surface area (Å²) >= 11 is 6.17. The summed E-state index contributed by atoms with van der Waals surface area (Å²) in [6.45, 7) is 4.63. The number of benzene rings is 4. The van der Waals surface area contributed by atoms with Crippen LogP contribution in [0.3, 0.4) is 0 Å². The Balaban J connectivity index is 0.932. The van der Waals surface area contributed by atoms with Crippen molar-refractivity contribution in [1.82, 2.24) is 29.6 Å². The maximum Gasteiger partial charge on any atom is 0.337 e. The van der Waals surface area contributed by atoms with E-state index in [-0.39, 0.29) is 90.8 Å². The second-order valence-corrected chi connectivity index (χ2v) is 16.2.